The first kappa shape index (κ1) is 21.8. The number of alkyl halides is 3. The van der Waals surface area contributed by atoms with E-state index in [0.717, 1.165) is 0 Å². The van der Waals surface area contributed by atoms with Crippen LogP contribution in [-0.2, 0) is 4.79 Å². The molecule has 2 aromatic carbocycles. The molecule has 0 aliphatic heterocycles. The first-order valence-electron chi connectivity index (χ1n) is 8.37. The van der Waals surface area contributed by atoms with Crippen LogP contribution in [0.15, 0.2) is 48.5 Å². The van der Waals surface area contributed by atoms with Crippen molar-refractivity contribution in [2.45, 2.75) is 6.18 Å². The van der Waals surface area contributed by atoms with Gasteiger partial charge in [0, 0.05) is 23.4 Å². The molecule has 9 heteroatoms. The fourth-order valence-corrected chi connectivity index (χ4v) is 2.30. The summed E-state index contributed by atoms with van der Waals surface area (Å²) in [7, 11) is 3.01. The van der Waals surface area contributed by atoms with E-state index in [-0.39, 0.29) is 11.3 Å². The summed E-state index contributed by atoms with van der Waals surface area (Å²) in [4.78, 5) is 23.9. The molecule has 2 N–H and O–H groups in total. The normalized spacial score (nSPS) is 11.2. The van der Waals surface area contributed by atoms with Gasteiger partial charge in [-0.15, -0.1) is 0 Å². The maximum atomic E-state index is 12.2. The molecular formula is C20H19F3N2O4. The molecule has 0 aliphatic carbocycles. The van der Waals surface area contributed by atoms with Gasteiger partial charge in [-0.2, -0.15) is 13.2 Å². The minimum atomic E-state index is -4.50. The van der Waals surface area contributed by atoms with Crippen molar-refractivity contribution in [3.05, 3.63) is 59.7 Å². The van der Waals surface area contributed by atoms with Crippen molar-refractivity contribution < 1.29 is 32.2 Å². The minimum absolute atomic E-state index is 0.00596. The predicted molar refractivity (Wildman–Crippen MR) is 102 cm³/mol. The number of carbonyl (C=O) groups excluding carboxylic acids is 2. The van der Waals surface area contributed by atoms with Gasteiger partial charge in [-0.05, 0) is 42.0 Å². The Labute approximate surface area is 165 Å². The number of rotatable bonds is 7. The molecular weight excluding hydrogens is 389 g/mol. The standard InChI is InChI=1S/C20H19F3N2O4/c1-28-16-8-13(9-17(11-16)29-2)6-7-18(26)25-15-5-3-4-14(10-15)19(27)24-12-20(21,22)23/h3-11H,12H2,1-2H3,(H,24,27)(H,25,26)/b7-6+. The third-order valence-corrected chi connectivity index (χ3v) is 3.64. The van der Waals surface area contributed by atoms with Crippen molar-refractivity contribution in [3.8, 4) is 11.5 Å². The second kappa shape index (κ2) is 9.63. The summed E-state index contributed by atoms with van der Waals surface area (Å²) in [5, 5.41) is 4.32. The summed E-state index contributed by atoms with van der Waals surface area (Å²) in [6.45, 7) is -1.44. The molecule has 0 fully saturated rings. The van der Waals surface area contributed by atoms with E-state index in [1.54, 1.807) is 29.6 Å². The van der Waals surface area contributed by atoms with Gasteiger partial charge < -0.3 is 20.1 Å². The maximum Gasteiger partial charge on any atom is 0.405 e. The molecule has 2 amide bonds. The van der Waals surface area contributed by atoms with Gasteiger partial charge in [0.15, 0.2) is 0 Å². The SMILES string of the molecule is COc1cc(/C=C/C(=O)Nc2cccc(C(=O)NCC(F)(F)F)c2)cc(OC)c1. The molecule has 0 radical (unpaired) electrons. The third kappa shape index (κ3) is 7.21. The molecule has 29 heavy (non-hydrogen) atoms. The Balaban J connectivity index is 2.04. The highest BCUT2D eigenvalue weighted by Crippen LogP contribution is 2.23. The summed E-state index contributed by atoms with van der Waals surface area (Å²) in [6, 6.07) is 10.7. The molecule has 0 heterocycles. The average molecular weight is 408 g/mol. The van der Waals surface area contributed by atoms with Crippen LogP contribution in [0.25, 0.3) is 6.08 Å². The number of nitrogens with one attached hydrogen (secondary N) is 2. The lowest BCUT2D eigenvalue weighted by molar-refractivity contribution is -0.123. The molecule has 0 aliphatic rings. The Morgan fingerprint density at radius 2 is 1.69 bits per heavy atom. The van der Waals surface area contributed by atoms with Crippen LogP contribution in [-0.4, -0.2) is 38.8 Å². The van der Waals surface area contributed by atoms with Crippen molar-refractivity contribution in [1.82, 2.24) is 5.32 Å². The van der Waals surface area contributed by atoms with Crippen molar-refractivity contribution >= 4 is 23.6 Å². The number of amides is 2. The van der Waals surface area contributed by atoms with E-state index in [1.807, 2.05) is 0 Å². The van der Waals surface area contributed by atoms with Gasteiger partial charge in [0.25, 0.3) is 5.91 Å². The number of halogens is 3. The Bertz CT molecular complexity index is 889. The highest BCUT2D eigenvalue weighted by Gasteiger charge is 2.27. The number of hydrogen-bond donors (Lipinski definition) is 2. The van der Waals surface area contributed by atoms with Crippen molar-refractivity contribution in [1.29, 1.82) is 0 Å². The largest absolute Gasteiger partial charge is 0.497 e. The highest BCUT2D eigenvalue weighted by molar-refractivity contribution is 6.03. The van der Waals surface area contributed by atoms with Gasteiger partial charge in [-0.25, -0.2) is 0 Å². The van der Waals surface area contributed by atoms with Gasteiger partial charge in [0.2, 0.25) is 5.91 Å². The van der Waals surface area contributed by atoms with Crippen molar-refractivity contribution in [2.24, 2.45) is 0 Å². The van der Waals surface area contributed by atoms with Gasteiger partial charge >= 0.3 is 6.18 Å². The Kier molecular flexibility index (Phi) is 7.24. The van der Waals surface area contributed by atoms with Crippen LogP contribution in [0.4, 0.5) is 18.9 Å². The summed E-state index contributed by atoms with van der Waals surface area (Å²) in [5.74, 6) is -0.263. The lowest BCUT2D eigenvalue weighted by atomic mass is 10.1. The van der Waals surface area contributed by atoms with E-state index < -0.39 is 24.5 Å². The predicted octanol–water partition coefficient (Wildman–Crippen LogP) is 3.65. The van der Waals surface area contributed by atoms with Gasteiger partial charge in [0.1, 0.15) is 18.0 Å². The number of benzene rings is 2. The summed E-state index contributed by atoms with van der Waals surface area (Å²) in [5.41, 5.74) is 0.924. The molecule has 6 nitrogen and oxygen atoms in total. The van der Waals surface area contributed by atoms with Crippen LogP contribution in [0.2, 0.25) is 0 Å². The number of methoxy groups -OCH3 is 2. The molecule has 2 aromatic rings. The topological polar surface area (TPSA) is 76.7 Å². The Morgan fingerprint density at radius 1 is 1.03 bits per heavy atom. The zero-order chi connectivity index (χ0) is 21.4. The van der Waals surface area contributed by atoms with Crippen molar-refractivity contribution in [2.75, 3.05) is 26.1 Å². The van der Waals surface area contributed by atoms with Gasteiger partial charge in [-0.3, -0.25) is 9.59 Å². The van der Waals surface area contributed by atoms with E-state index in [4.69, 9.17) is 9.47 Å². The van der Waals surface area contributed by atoms with E-state index >= 15 is 0 Å². The first-order chi connectivity index (χ1) is 13.7. The fraction of sp³-hybridized carbons (Fsp3) is 0.200. The second-order valence-electron chi connectivity index (χ2n) is 5.85. The zero-order valence-corrected chi connectivity index (χ0v) is 15.7. The zero-order valence-electron chi connectivity index (χ0n) is 15.7. The van der Waals surface area contributed by atoms with Crippen LogP contribution in [0.1, 0.15) is 15.9 Å². The number of carbonyl (C=O) groups is 2. The fourth-order valence-electron chi connectivity index (χ4n) is 2.30. The lowest BCUT2D eigenvalue weighted by Crippen LogP contribution is -2.33. The van der Waals surface area contributed by atoms with E-state index in [9.17, 15) is 22.8 Å². The molecule has 0 bridgehead atoms. The molecule has 0 spiro atoms. The van der Waals surface area contributed by atoms with Crippen LogP contribution in [0.5, 0.6) is 11.5 Å². The van der Waals surface area contributed by atoms with E-state index in [0.29, 0.717) is 17.1 Å². The van der Waals surface area contributed by atoms with Crippen molar-refractivity contribution in [3.63, 3.8) is 0 Å². The smallest absolute Gasteiger partial charge is 0.405 e. The Hall–Kier alpha value is -3.49. The lowest BCUT2D eigenvalue weighted by Gasteiger charge is -2.09. The van der Waals surface area contributed by atoms with Gasteiger partial charge in [0.05, 0.1) is 14.2 Å². The van der Waals surface area contributed by atoms with E-state index in [1.165, 1.54) is 44.6 Å². The quantitative estimate of drug-likeness (QED) is 0.686. The van der Waals surface area contributed by atoms with E-state index in [2.05, 4.69) is 5.32 Å². The number of ether oxygens (including phenoxy) is 2. The third-order valence-electron chi connectivity index (χ3n) is 3.64. The van der Waals surface area contributed by atoms with Crippen LogP contribution < -0.4 is 20.1 Å². The number of anilines is 1. The summed E-state index contributed by atoms with van der Waals surface area (Å²) < 4.78 is 46.9. The molecule has 0 aromatic heterocycles. The Morgan fingerprint density at radius 3 is 2.28 bits per heavy atom. The van der Waals surface area contributed by atoms with Crippen LogP contribution in [0, 0.1) is 0 Å². The average Bonchev–Trinajstić information content (AvgIpc) is 2.69. The molecule has 0 saturated carbocycles. The molecule has 154 valence electrons. The number of hydrogen-bond acceptors (Lipinski definition) is 4. The first-order valence-corrected chi connectivity index (χ1v) is 8.37. The molecule has 2 rings (SSSR count). The minimum Gasteiger partial charge on any atom is -0.497 e. The van der Waals surface area contributed by atoms with Crippen LogP contribution >= 0.6 is 0 Å². The van der Waals surface area contributed by atoms with Crippen LogP contribution in [0.3, 0.4) is 0 Å². The maximum absolute atomic E-state index is 12.2. The molecule has 0 atom stereocenters. The second-order valence-corrected chi connectivity index (χ2v) is 5.85. The summed E-state index contributed by atoms with van der Waals surface area (Å²) >= 11 is 0. The van der Waals surface area contributed by atoms with Gasteiger partial charge in [-0.1, -0.05) is 6.07 Å². The highest BCUT2D eigenvalue weighted by atomic mass is 19.4. The monoisotopic (exact) mass is 408 g/mol. The molecule has 0 saturated heterocycles. The summed E-state index contributed by atoms with van der Waals surface area (Å²) in [6.07, 6.45) is -1.69. The molecule has 0 unspecified atom stereocenters.